The molecule has 0 aromatic carbocycles. The van der Waals surface area contributed by atoms with Crippen LogP contribution in [0, 0.1) is 5.92 Å². The fraction of sp³-hybridized carbons (Fsp3) is 0.273. The topological polar surface area (TPSA) is 38.7 Å². The van der Waals surface area contributed by atoms with E-state index in [1.165, 1.54) is 0 Å². The van der Waals surface area contributed by atoms with Crippen molar-refractivity contribution in [1.29, 1.82) is 0 Å². The van der Waals surface area contributed by atoms with E-state index in [0.29, 0.717) is 12.6 Å². The van der Waals surface area contributed by atoms with Crippen molar-refractivity contribution in [2.75, 3.05) is 6.79 Å². The van der Waals surface area contributed by atoms with Crippen molar-refractivity contribution < 1.29 is 14.6 Å². The van der Waals surface area contributed by atoms with Crippen LogP contribution in [-0.2, 0) is 9.47 Å². The molecule has 0 radical (unpaired) electrons. The minimum absolute atomic E-state index is 0.237. The van der Waals surface area contributed by atoms with Gasteiger partial charge in [0.2, 0.25) is 6.79 Å². The summed E-state index contributed by atoms with van der Waals surface area (Å²) in [5.74, 6) is 2.24. The molecule has 1 unspecified atom stereocenters. The van der Waals surface area contributed by atoms with Gasteiger partial charge in [-0.1, -0.05) is 12.2 Å². The van der Waals surface area contributed by atoms with Gasteiger partial charge in [-0.25, -0.2) is 0 Å². The Morgan fingerprint density at radius 3 is 3.21 bits per heavy atom. The Kier molecular flexibility index (Phi) is 1.48. The summed E-state index contributed by atoms with van der Waals surface area (Å²) in [4.78, 5) is 0. The molecule has 1 N–H and O–H groups in total. The highest BCUT2D eigenvalue weighted by Gasteiger charge is 2.29. The fourth-order valence-electron chi connectivity index (χ4n) is 1.97. The molecule has 0 spiro atoms. The zero-order valence-electron chi connectivity index (χ0n) is 7.56. The van der Waals surface area contributed by atoms with E-state index in [1.807, 2.05) is 12.2 Å². The van der Waals surface area contributed by atoms with Crippen molar-refractivity contribution >= 4 is 0 Å². The summed E-state index contributed by atoms with van der Waals surface area (Å²) < 4.78 is 10.6. The quantitative estimate of drug-likeness (QED) is 0.636. The Balaban J connectivity index is 2.04. The lowest BCUT2D eigenvalue weighted by molar-refractivity contribution is 0.0722. The lowest BCUT2D eigenvalue weighted by Gasteiger charge is -2.22. The van der Waals surface area contributed by atoms with Crippen molar-refractivity contribution in [3.05, 3.63) is 47.2 Å². The molecule has 2 aliphatic carbocycles. The van der Waals surface area contributed by atoms with E-state index >= 15 is 0 Å². The number of fused-ring (bicyclic) bond motifs is 1. The number of hydrogen-bond donors (Lipinski definition) is 1. The Morgan fingerprint density at radius 2 is 2.29 bits per heavy atom. The second-order valence-corrected chi connectivity index (χ2v) is 3.54. The standard InChI is InChI=1S/C11H10O3/c12-9-3-1-2-7-4-10-11(5-8(7)9)14-6-13-10/h1-3,5,7,12H,4,6H2. The molecule has 1 heterocycles. The molecule has 0 fully saturated rings. The smallest absolute Gasteiger partial charge is 0.230 e. The molecule has 3 aliphatic rings. The van der Waals surface area contributed by atoms with Gasteiger partial charge < -0.3 is 14.6 Å². The predicted molar refractivity (Wildman–Crippen MR) is 50.1 cm³/mol. The van der Waals surface area contributed by atoms with Crippen LogP contribution in [0.15, 0.2) is 47.2 Å². The molecule has 0 bridgehead atoms. The van der Waals surface area contributed by atoms with Crippen LogP contribution in [0.5, 0.6) is 0 Å². The van der Waals surface area contributed by atoms with E-state index in [-0.39, 0.29) is 5.92 Å². The highest BCUT2D eigenvalue weighted by molar-refractivity contribution is 5.45. The third-order valence-electron chi connectivity index (χ3n) is 2.71. The summed E-state index contributed by atoms with van der Waals surface area (Å²) in [6, 6.07) is 0. The Labute approximate surface area is 81.6 Å². The molecule has 0 amide bonds. The SMILES string of the molecule is OC1=CC=CC2CC3=C(C=C12)OCO3. The van der Waals surface area contributed by atoms with Gasteiger partial charge in [-0.05, 0) is 12.2 Å². The number of allylic oxidation sites excluding steroid dienone is 6. The molecule has 0 aromatic heterocycles. The molecule has 14 heavy (non-hydrogen) atoms. The van der Waals surface area contributed by atoms with Gasteiger partial charge in [0, 0.05) is 17.9 Å². The molecule has 3 heteroatoms. The summed E-state index contributed by atoms with van der Waals surface area (Å²) >= 11 is 0. The average Bonchev–Trinajstić information content (AvgIpc) is 2.62. The maximum absolute atomic E-state index is 9.65. The zero-order chi connectivity index (χ0) is 9.54. The van der Waals surface area contributed by atoms with Crippen LogP contribution in [0.4, 0.5) is 0 Å². The van der Waals surface area contributed by atoms with Crippen molar-refractivity contribution in [1.82, 2.24) is 0 Å². The number of aliphatic hydroxyl groups is 1. The van der Waals surface area contributed by atoms with Gasteiger partial charge >= 0.3 is 0 Å². The summed E-state index contributed by atoms with van der Waals surface area (Å²) in [6.45, 7) is 0.301. The molecular weight excluding hydrogens is 180 g/mol. The van der Waals surface area contributed by atoms with Crippen LogP contribution in [-0.4, -0.2) is 11.9 Å². The number of aliphatic hydroxyl groups excluding tert-OH is 1. The first-order chi connectivity index (χ1) is 6.84. The summed E-state index contributed by atoms with van der Waals surface area (Å²) in [5.41, 5.74) is 0.928. The van der Waals surface area contributed by atoms with Gasteiger partial charge in [0.1, 0.15) is 11.5 Å². The van der Waals surface area contributed by atoms with Crippen molar-refractivity contribution in [2.24, 2.45) is 5.92 Å². The van der Waals surface area contributed by atoms with E-state index in [1.54, 1.807) is 6.08 Å². The Bertz CT molecular complexity index is 399. The van der Waals surface area contributed by atoms with Crippen LogP contribution < -0.4 is 0 Å². The largest absolute Gasteiger partial charge is 0.508 e. The van der Waals surface area contributed by atoms with Crippen LogP contribution in [0.25, 0.3) is 0 Å². The van der Waals surface area contributed by atoms with Gasteiger partial charge in [0.15, 0.2) is 5.76 Å². The number of hydrogen-bond acceptors (Lipinski definition) is 3. The van der Waals surface area contributed by atoms with Gasteiger partial charge in [-0.15, -0.1) is 0 Å². The van der Waals surface area contributed by atoms with Crippen LogP contribution in [0.3, 0.4) is 0 Å². The molecule has 1 atom stereocenters. The lowest BCUT2D eigenvalue weighted by Crippen LogP contribution is -2.12. The molecular formula is C11H10O3. The second kappa shape index (κ2) is 2.67. The van der Waals surface area contributed by atoms with Gasteiger partial charge in [0.05, 0.1) is 0 Å². The fourth-order valence-corrected chi connectivity index (χ4v) is 1.97. The zero-order valence-corrected chi connectivity index (χ0v) is 7.56. The molecule has 0 aromatic rings. The minimum atomic E-state index is 0.237. The summed E-state index contributed by atoms with van der Waals surface area (Å²) in [7, 11) is 0. The third-order valence-corrected chi connectivity index (χ3v) is 2.71. The van der Waals surface area contributed by atoms with Crippen LogP contribution in [0.2, 0.25) is 0 Å². The van der Waals surface area contributed by atoms with Crippen LogP contribution in [0.1, 0.15) is 6.42 Å². The van der Waals surface area contributed by atoms with E-state index in [0.717, 1.165) is 23.5 Å². The van der Waals surface area contributed by atoms with Gasteiger partial charge in [-0.2, -0.15) is 0 Å². The Morgan fingerprint density at radius 1 is 1.36 bits per heavy atom. The van der Waals surface area contributed by atoms with E-state index in [4.69, 9.17) is 9.47 Å². The van der Waals surface area contributed by atoms with Gasteiger partial charge in [0.25, 0.3) is 0 Å². The van der Waals surface area contributed by atoms with Crippen molar-refractivity contribution in [2.45, 2.75) is 6.42 Å². The first kappa shape index (κ1) is 7.74. The monoisotopic (exact) mass is 190 g/mol. The molecule has 0 saturated heterocycles. The van der Waals surface area contributed by atoms with E-state index in [9.17, 15) is 5.11 Å². The summed E-state index contributed by atoms with van der Waals surface area (Å²) in [5, 5.41) is 9.65. The first-order valence-corrected chi connectivity index (χ1v) is 4.63. The highest BCUT2D eigenvalue weighted by Crippen LogP contribution is 2.38. The Hall–Kier alpha value is -1.64. The molecule has 0 saturated carbocycles. The summed E-state index contributed by atoms with van der Waals surface area (Å²) in [6.07, 6.45) is 8.29. The average molecular weight is 190 g/mol. The lowest BCUT2D eigenvalue weighted by atomic mass is 9.85. The predicted octanol–water partition coefficient (Wildman–Crippen LogP) is 2.16. The minimum Gasteiger partial charge on any atom is -0.508 e. The maximum atomic E-state index is 9.65. The third kappa shape index (κ3) is 0.985. The number of ether oxygens (including phenoxy) is 2. The van der Waals surface area contributed by atoms with Crippen LogP contribution >= 0.6 is 0 Å². The first-order valence-electron chi connectivity index (χ1n) is 4.63. The molecule has 72 valence electrons. The van der Waals surface area contributed by atoms with E-state index < -0.39 is 0 Å². The molecule has 3 rings (SSSR count). The van der Waals surface area contributed by atoms with Crippen molar-refractivity contribution in [3.63, 3.8) is 0 Å². The second-order valence-electron chi connectivity index (χ2n) is 3.54. The van der Waals surface area contributed by atoms with E-state index in [2.05, 4.69) is 6.08 Å². The maximum Gasteiger partial charge on any atom is 0.230 e. The molecule has 1 aliphatic heterocycles. The number of rotatable bonds is 0. The van der Waals surface area contributed by atoms with Gasteiger partial charge in [-0.3, -0.25) is 0 Å². The normalized spacial score (nSPS) is 28.4. The highest BCUT2D eigenvalue weighted by atomic mass is 16.7. The van der Waals surface area contributed by atoms with Crippen molar-refractivity contribution in [3.8, 4) is 0 Å². The molecule has 3 nitrogen and oxygen atoms in total.